The van der Waals surface area contributed by atoms with E-state index in [1.54, 1.807) is 30.5 Å². The Hall–Kier alpha value is -1.88. The van der Waals surface area contributed by atoms with Gasteiger partial charge in [0.15, 0.2) is 0 Å². The van der Waals surface area contributed by atoms with Crippen LogP contribution in [0.1, 0.15) is 16.1 Å². The largest absolute Gasteiger partial charge is 0.346 e. The van der Waals surface area contributed by atoms with E-state index in [0.29, 0.717) is 12.1 Å². The van der Waals surface area contributed by atoms with Crippen LogP contribution in [0.2, 0.25) is 0 Å². The van der Waals surface area contributed by atoms with Crippen molar-refractivity contribution in [1.82, 2.24) is 15.3 Å². The molecule has 1 amide bonds. The summed E-state index contributed by atoms with van der Waals surface area (Å²) < 4.78 is 0. The molecule has 0 aliphatic heterocycles. The molecule has 1 N–H and O–H groups in total. The molecule has 0 aliphatic rings. The maximum absolute atomic E-state index is 11.8. The van der Waals surface area contributed by atoms with E-state index in [9.17, 15) is 4.79 Å². The third-order valence-electron chi connectivity index (χ3n) is 2.18. The Bertz CT molecular complexity index is 516. The van der Waals surface area contributed by atoms with Crippen LogP contribution in [-0.2, 0) is 6.54 Å². The Kier molecular flexibility index (Phi) is 3.72. The van der Waals surface area contributed by atoms with Crippen LogP contribution in [0.5, 0.6) is 0 Å². The van der Waals surface area contributed by atoms with E-state index >= 15 is 0 Å². The zero-order chi connectivity index (χ0) is 12.1. The van der Waals surface area contributed by atoms with Crippen molar-refractivity contribution in [1.29, 1.82) is 0 Å². The fourth-order valence-corrected chi connectivity index (χ4v) is 1.57. The highest BCUT2D eigenvalue weighted by atomic mass is 32.1. The zero-order valence-electron chi connectivity index (χ0n) is 9.00. The lowest BCUT2D eigenvalue weighted by Gasteiger charge is -2.04. The third-order valence-corrected chi connectivity index (χ3v) is 2.46. The van der Waals surface area contributed by atoms with Gasteiger partial charge in [0.05, 0.1) is 12.2 Å². The number of amides is 1. The molecule has 2 aromatic rings. The van der Waals surface area contributed by atoms with Crippen LogP contribution in [0.15, 0.2) is 47.8 Å². The monoisotopic (exact) mass is 245 g/mol. The molecule has 0 spiro atoms. The molecule has 0 saturated carbocycles. The van der Waals surface area contributed by atoms with Gasteiger partial charge in [0.25, 0.3) is 5.91 Å². The van der Waals surface area contributed by atoms with Gasteiger partial charge in [-0.25, -0.2) is 9.97 Å². The molecule has 17 heavy (non-hydrogen) atoms. The van der Waals surface area contributed by atoms with Gasteiger partial charge in [0, 0.05) is 16.7 Å². The van der Waals surface area contributed by atoms with Crippen molar-refractivity contribution in [3.8, 4) is 0 Å². The van der Waals surface area contributed by atoms with Crippen LogP contribution in [-0.4, -0.2) is 15.9 Å². The van der Waals surface area contributed by atoms with Gasteiger partial charge in [-0.1, -0.05) is 6.07 Å². The summed E-state index contributed by atoms with van der Waals surface area (Å²) in [5.41, 5.74) is 1.36. The van der Waals surface area contributed by atoms with Crippen molar-refractivity contribution in [3.63, 3.8) is 0 Å². The summed E-state index contributed by atoms with van der Waals surface area (Å²) in [6.45, 7) is 0.387. The first kappa shape index (κ1) is 11.6. The molecule has 1 aromatic heterocycles. The van der Waals surface area contributed by atoms with E-state index in [0.717, 1.165) is 10.6 Å². The van der Waals surface area contributed by atoms with Gasteiger partial charge in [-0.3, -0.25) is 4.79 Å². The molecule has 0 aliphatic carbocycles. The molecule has 5 heteroatoms. The number of nitrogens with zero attached hydrogens (tertiary/aromatic N) is 2. The van der Waals surface area contributed by atoms with Gasteiger partial charge in [0.1, 0.15) is 6.33 Å². The quantitative estimate of drug-likeness (QED) is 0.809. The minimum absolute atomic E-state index is 0.139. The second kappa shape index (κ2) is 5.45. The first-order valence-corrected chi connectivity index (χ1v) is 5.52. The molecular weight excluding hydrogens is 234 g/mol. The van der Waals surface area contributed by atoms with Gasteiger partial charge in [-0.05, 0) is 24.3 Å². The number of carbonyl (C=O) groups excluding carboxylic acids is 1. The fraction of sp³-hybridized carbons (Fsp3) is 0.0833. The summed E-state index contributed by atoms with van der Waals surface area (Å²) >= 11 is 4.19. The molecule has 0 atom stereocenters. The van der Waals surface area contributed by atoms with E-state index in [2.05, 4.69) is 27.9 Å². The maximum atomic E-state index is 11.8. The highest BCUT2D eigenvalue weighted by molar-refractivity contribution is 7.80. The topological polar surface area (TPSA) is 54.9 Å². The van der Waals surface area contributed by atoms with Crippen molar-refractivity contribution in [2.24, 2.45) is 0 Å². The minimum atomic E-state index is -0.139. The van der Waals surface area contributed by atoms with Crippen molar-refractivity contribution >= 4 is 18.5 Å². The summed E-state index contributed by atoms with van der Waals surface area (Å²) in [5.74, 6) is -0.139. The van der Waals surface area contributed by atoms with Crippen LogP contribution >= 0.6 is 12.6 Å². The van der Waals surface area contributed by atoms with E-state index in [1.807, 2.05) is 6.07 Å². The van der Waals surface area contributed by atoms with E-state index in [1.165, 1.54) is 6.33 Å². The fourth-order valence-electron chi connectivity index (χ4n) is 1.34. The second-order valence-electron chi connectivity index (χ2n) is 3.43. The van der Waals surface area contributed by atoms with Crippen molar-refractivity contribution in [2.45, 2.75) is 11.4 Å². The molecule has 0 saturated heterocycles. The summed E-state index contributed by atoms with van der Waals surface area (Å²) in [5, 5.41) is 2.78. The smallest absolute Gasteiger partial charge is 0.251 e. The molecule has 2 rings (SSSR count). The average molecular weight is 245 g/mol. The summed E-state index contributed by atoms with van der Waals surface area (Å²) in [4.78, 5) is 20.4. The number of thiol groups is 1. The van der Waals surface area contributed by atoms with E-state index < -0.39 is 0 Å². The van der Waals surface area contributed by atoms with Crippen molar-refractivity contribution in [3.05, 3.63) is 54.1 Å². The third kappa shape index (κ3) is 3.29. The van der Waals surface area contributed by atoms with Crippen molar-refractivity contribution in [2.75, 3.05) is 0 Å². The summed E-state index contributed by atoms with van der Waals surface area (Å²) in [6, 6.07) is 8.84. The summed E-state index contributed by atoms with van der Waals surface area (Å²) in [6.07, 6.45) is 3.10. The number of aromatic nitrogens is 2. The molecular formula is C12H11N3OS. The van der Waals surface area contributed by atoms with Crippen molar-refractivity contribution < 1.29 is 4.79 Å². The molecule has 4 nitrogen and oxygen atoms in total. The Labute approximate surface area is 105 Å². The second-order valence-corrected chi connectivity index (χ2v) is 3.95. The molecule has 0 radical (unpaired) electrons. The Morgan fingerprint density at radius 2 is 2.24 bits per heavy atom. The average Bonchev–Trinajstić information content (AvgIpc) is 2.37. The molecule has 0 bridgehead atoms. The zero-order valence-corrected chi connectivity index (χ0v) is 9.89. The van der Waals surface area contributed by atoms with Gasteiger partial charge in [0.2, 0.25) is 0 Å². The van der Waals surface area contributed by atoms with Crippen LogP contribution in [0.25, 0.3) is 0 Å². The molecule has 1 aromatic carbocycles. The highest BCUT2D eigenvalue weighted by Gasteiger charge is 2.05. The first-order chi connectivity index (χ1) is 8.25. The van der Waals surface area contributed by atoms with Gasteiger partial charge in [-0.2, -0.15) is 0 Å². The lowest BCUT2D eigenvalue weighted by molar-refractivity contribution is 0.0950. The Balaban J connectivity index is 1.98. The van der Waals surface area contributed by atoms with Crippen LogP contribution in [0.4, 0.5) is 0 Å². The molecule has 0 unspecified atom stereocenters. The summed E-state index contributed by atoms with van der Waals surface area (Å²) in [7, 11) is 0. The first-order valence-electron chi connectivity index (χ1n) is 5.08. The number of hydrogen-bond acceptors (Lipinski definition) is 4. The normalized spacial score (nSPS) is 9.94. The molecule has 86 valence electrons. The number of carbonyl (C=O) groups is 1. The number of nitrogens with one attached hydrogen (secondary N) is 1. The number of hydrogen-bond donors (Lipinski definition) is 2. The Morgan fingerprint density at radius 1 is 1.35 bits per heavy atom. The van der Waals surface area contributed by atoms with Gasteiger partial charge < -0.3 is 5.32 Å². The predicted molar refractivity (Wildman–Crippen MR) is 66.9 cm³/mol. The number of benzene rings is 1. The van der Waals surface area contributed by atoms with E-state index in [4.69, 9.17) is 0 Å². The number of rotatable bonds is 3. The molecule has 0 fully saturated rings. The maximum Gasteiger partial charge on any atom is 0.251 e. The van der Waals surface area contributed by atoms with Gasteiger partial charge >= 0.3 is 0 Å². The lowest BCUT2D eigenvalue weighted by atomic mass is 10.2. The Morgan fingerprint density at radius 3 is 2.94 bits per heavy atom. The van der Waals surface area contributed by atoms with Gasteiger partial charge in [-0.15, -0.1) is 12.6 Å². The lowest BCUT2D eigenvalue weighted by Crippen LogP contribution is -2.23. The SMILES string of the molecule is O=C(NCc1ccncn1)c1cccc(S)c1. The predicted octanol–water partition coefficient (Wildman–Crippen LogP) is 1.70. The minimum Gasteiger partial charge on any atom is -0.346 e. The van der Waals surface area contributed by atoms with E-state index in [-0.39, 0.29) is 5.91 Å². The van der Waals surface area contributed by atoms with Crippen LogP contribution < -0.4 is 5.32 Å². The van der Waals surface area contributed by atoms with Crippen LogP contribution in [0, 0.1) is 0 Å². The molecule has 1 heterocycles. The standard InChI is InChI=1S/C12H11N3OS/c16-12(9-2-1-3-11(17)6-9)14-7-10-4-5-13-8-15-10/h1-6,8,17H,7H2,(H,14,16). The van der Waals surface area contributed by atoms with Crippen LogP contribution in [0.3, 0.4) is 0 Å². The highest BCUT2D eigenvalue weighted by Crippen LogP contribution is 2.08.